The van der Waals surface area contributed by atoms with Gasteiger partial charge in [-0.25, -0.2) is 4.79 Å². The van der Waals surface area contributed by atoms with Crippen molar-refractivity contribution in [3.05, 3.63) is 12.2 Å². The standard InChI is InChI=1S/C7H12O6S/c1-2-3-7(9)13-4-6(8)5-14(10,11)12/h2-3,6,8H,4-5H2,1H3,(H,10,11,12). The topological polar surface area (TPSA) is 101 Å². The fourth-order valence-electron chi connectivity index (χ4n) is 0.654. The maximum absolute atomic E-state index is 10.7. The zero-order chi connectivity index (χ0) is 11.2. The molecule has 2 N–H and O–H groups in total. The van der Waals surface area contributed by atoms with E-state index in [0.29, 0.717) is 0 Å². The molecule has 1 atom stereocenters. The maximum Gasteiger partial charge on any atom is 0.330 e. The van der Waals surface area contributed by atoms with Crippen molar-refractivity contribution >= 4 is 16.1 Å². The van der Waals surface area contributed by atoms with E-state index in [1.54, 1.807) is 6.92 Å². The molecular formula is C7H12O6S. The van der Waals surface area contributed by atoms with Crippen molar-refractivity contribution < 1.29 is 27.6 Å². The SMILES string of the molecule is CC=CC(=O)OCC(O)CS(=O)(=O)O. The van der Waals surface area contributed by atoms with Gasteiger partial charge in [0, 0.05) is 6.08 Å². The third kappa shape index (κ3) is 7.71. The van der Waals surface area contributed by atoms with Gasteiger partial charge in [0.25, 0.3) is 10.1 Å². The molecule has 0 bridgehead atoms. The number of aliphatic hydroxyl groups excluding tert-OH is 1. The largest absolute Gasteiger partial charge is 0.460 e. The molecule has 0 radical (unpaired) electrons. The molecule has 6 nitrogen and oxygen atoms in total. The van der Waals surface area contributed by atoms with Crippen LogP contribution in [0.15, 0.2) is 12.2 Å². The highest BCUT2D eigenvalue weighted by Gasteiger charge is 2.15. The first-order chi connectivity index (χ1) is 6.35. The number of rotatable bonds is 5. The lowest BCUT2D eigenvalue weighted by Crippen LogP contribution is -2.26. The summed E-state index contributed by atoms with van der Waals surface area (Å²) in [5, 5.41) is 8.96. The van der Waals surface area contributed by atoms with E-state index in [1.807, 2.05) is 0 Å². The molecule has 0 aliphatic carbocycles. The molecule has 14 heavy (non-hydrogen) atoms. The van der Waals surface area contributed by atoms with Crippen LogP contribution < -0.4 is 0 Å². The number of aliphatic hydroxyl groups is 1. The maximum atomic E-state index is 10.7. The summed E-state index contributed by atoms with van der Waals surface area (Å²) < 4.78 is 33.3. The van der Waals surface area contributed by atoms with Crippen molar-refractivity contribution in [2.24, 2.45) is 0 Å². The Balaban J connectivity index is 3.86. The lowest BCUT2D eigenvalue weighted by atomic mass is 10.4. The Morgan fingerprint density at radius 3 is 2.57 bits per heavy atom. The average molecular weight is 224 g/mol. The van der Waals surface area contributed by atoms with Crippen LogP contribution in [-0.4, -0.2) is 42.5 Å². The minimum absolute atomic E-state index is 0.469. The lowest BCUT2D eigenvalue weighted by molar-refractivity contribution is -0.140. The summed E-state index contributed by atoms with van der Waals surface area (Å²) in [6.07, 6.45) is 1.15. The smallest absolute Gasteiger partial charge is 0.330 e. The van der Waals surface area contributed by atoms with Crippen molar-refractivity contribution in [2.75, 3.05) is 12.4 Å². The summed E-state index contributed by atoms with van der Waals surface area (Å²) >= 11 is 0. The lowest BCUT2D eigenvalue weighted by Gasteiger charge is -2.07. The molecule has 0 aromatic carbocycles. The molecule has 0 fully saturated rings. The first-order valence-electron chi connectivity index (χ1n) is 3.78. The average Bonchev–Trinajstić information content (AvgIpc) is 1.98. The van der Waals surface area contributed by atoms with Crippen molar-refractivity contribution in [1.82, 2.24) is 0 Å². The summed E-state index contributed by atoms with van der Waals surface area (Å²) in [7, 11) is -4.24. The van der Waals surface area contributed by atoms with Gasteiger partial charge in [-0.2, -0.15) is 8.42 Å². The van der Waals surface area contributed by atoms with Crippen LogP contribution in [-0.2, 0) is 19.6 Å². The molecule has 0 saturated heterocycles. The quantitative estimate of drug-likeness (QED) is 0.366. The molecule has 0 aliphatic rings. The number of carbonyl (C=O) groups is 1. The van der Waals surface area contributed by atoms with Crippen LogP contribution >= 0.6 is 0 Å². The van der Waals surface area contributed by atoms with E-state index in [4.69, 9.17) is 9.66 Å². The monoisotopic (exact) mass is 224 g/mol. The van der Waals surface area contributed by atoms with Crippen molar-refractivity contribution in [3.8, 4) is 0 Å². The summed E-state index contributed by atoms with van der Waals surface area (Å²) in [4.78, 5) is 10.7. The first kappa shape index (κ1) is 13.1. The second kappa shape index (κ2) is 5.74. The van der Waals surface area contributed by atoms with E-state index in [2.05, 4.69) is 4.74 Å². The zero-order valence-electron chi connectivity index (χ0n) is 7.58. The minimum Gasteiger partial charge on any atom is -0.460 e. The molecule has 0 aromatic rings. The number of hydrogen-bond acceptors (Lipinski definition) is 5. The molecule has 82 valence electrons. The van der Waals surface area contributed by atoms with Gasteiger partial charge < -0.3 is 9.84 Å². The molecule has 0 aliphatic heterocycles. The first-order valence-corrected chi connectivity index (χ1v) is 5.38. The fraction of sp³-hybridized carbons (Fsp3) is 0.571. The highest BCUT2D eigenvalue weighted by atomic mass is 32.2. The zero-order valence-corrected chi connectivity index (χ0v) is 8.40. The highest BCUT2D eigenvalue weighted by Crippen LogP contribution is 1.93. The molecule has 0 rings (SSSR count). The van der Waals surface area contributed by atoms with Crippen LogP contribution in [0.25, 0.3) is 0 Å². The second-order valence-electron chi connectivity index (χ2n) is 2.53. The second-order valence-corrected chi connectivity index (χ2v) is 4.03. The van der Waals surface area contributed by atoms with Gasteiger partial charge in [-0.1, -0.05) is 6.08 Å². The summed E-state index contributed by atoms with van der Waals surface area (Å²) in [6, 6.07) is 0. The summed E-state index contributed by atoms with van der Waals surface area (Å²) in [6.45, 7) is 1.14. The van der Waals surface area contributed by atoms with E-state index in [9.17, 15) is 13.2 Å². The predicted molar refractivity (Wildman–Crippen MR) is 48.2 cm³/mol. The molecule has 0 amide bonds. The van der Waals surface area contributed by atoms with Gasteiger partial charge in [-0.3, -0.25) is 4.55 Å². The van der Waals surface area contributed by atoms with Crippen molar-refractivity contribution in [2.45, 2.75) is 13.0 Å². The Bertz CT molecular complexity index is 304. The third-order valence-electron chi connectivity index (χ3n) is 1.12. The number of esters is 1. The number of hydrogen-bond donors (Lipinski definition) is 2. The molecule has 0 aromatic heterocycles. The van der Waals surface area contributed by atoms with Crippen LogP contribution in [0.5, 0.6) is 0 Å². The summed E-state index contributed by atoms with van der Waals surface area (Å²) in [5.41, 5.74) is 0. The van der Waals surface area contributed by atoms with E-state index in [-0.39, 0.29) is 0 Å². The van der Waals surface area contributed by atoms with E-state index in [1.165, 1.54) is 6.08 Å². The van der Waals surface area contributed by atoms with Gasteiger partial charge in [0.15, 0.2) is 0 Å². The molecule has 0 saturated carbocycles. The molecule has 7 heteroatoms. The van der Waals surface area contributed by atoms with Gasteiger partial charge in [-0.15, -0.1) is 0 Å². The Hall–Kier alpha value is -0.920. The predicted octanol–water partition coefficient (Wildman–Crippen LogP) is -0.646. The Morgan fingerprint density at radius 1 is 1.57 bits per heavy atom. The number of carbonyl (C=O) groups excluding carboxylic acids is 1. The van der Waals surface area contributed by atoms with Gasteiger partial charge in [0.05, 0.1) is 0 Å². The van der Waals surface area contributed by atoms with Crippen molar-refractivity contribution in [1.29, 1.82) is 0 Å². The molecule has 1 unspecified atom stereocenters. The van der Waals surface area contributed by atoms with Gasteiger partial charge in [0.2, 0.25) is 0 Å². The normalized spacial score (nSPS) is 14.2. The molecule has 0 heterocycles. The van der Waals surface area contributed by atoms with Crippen molar-refractivity contribution in [3.63, 3.8) is 0 Å². The third-order valence-corrected chi connectivity index (χ3v) is 1.93. The highest BCUT2D eigenvalue weighted by molar-refractivity contribution is 7.85. The molecular weight excluding hydrogens is 212 g/mol. The fourth-order valence-corrected chi connectivity index (χ4v) is 1.24. The van der Waals surface area contributed by atoms with Gasteiger partial charge in [0.1, 0.15) is 18.5 Å². The summed E-state index contributed by atoms with van der Waals surface area (Å²) in [5.74, 6) is -1.53. The molecule has 0 spiro atoms. The Kier molecular flexibility index (Phi) is 5.36. The minimum atomic E-state index is -4.24. The van der Waals surface area contributed by atoms with Crippen LogP contribution in [0, 0.1) is 0 Å². The van der Waals surface area contributed by atoms with Crippen LogP contribution in [0.2, 0.25) is 0 Å². The Morgan fingerprint density at radius 2 is 2.14 bits per heavy atom. The van der Waals surface area contributed by atoms with E-state index < -0.39 is 34.6 Å². The Labute approximate surface area is 81.9 Å². The van der Waals surface area contributed by atoms with Crippen LogP contribution in [0.4, 0.5) is 0 Å². The van der Waals surface area contributed by atoms with E-state index >= 15 is 0 Å². The number of ether oxygens (including phenoxy) is 1. The van der Waals surface area contributed by atoms with Crippen LogP contribution in [0.1, 0.15) is 6.92 Å². The van der Waals surface area contributed by atoms with Crippen LogP contribution in [0.3, 0.4) is 0 Å². The van der Waals surface area contributed by atoms with Gasteiger partial charge in [-0.05, 0) is 6.92 Å². The van der Waals surface area contributed by atoms with E-state index in [0.717, 1.165) is 6.08 Å². The number of allylic oxidation sites excluding steroid dienone is 1. The van der Waals surface area contributed by atoms with Gasteiger partial charge >= 0.3 is 5.97 Å².